The van der Waals surface area contributed by atoms with E-state index < -0.39 is 0 Å². The van der Waals surface area contributed by atoms with Gasteiger partial charge in [-0.05, 0) is 37.0 Å². The smallest absolute Gasteiger partial charge is 0.111 e. The third-order valence-electron chi connectivity index (χ3n) is 4.18. The molecule has 4 heteroatoms. The number of hydrogen-bond acceptors (Lipinski definition) is 1. The SMILES string of the molecule is CCC(CC1CC1)n1c(CCCl)nc2ccc(Br)cc21. The van der Waals surface area contributed by atoms with E-state index in [-0.39, 0.29) is 0 Å². The van der Waals surface area contributed by atoms with E-state index in [1.165, 1.54) is 24.8 Å². The zero-order valence-electron chi connectivity index (χ0n) is 11.8. The summed E-state index contributed by atoms with van der Waals surface area (Å²) in [5.41, 5.74) is 2.33. The summed E-state index contributed by atoms with van der Waals surface area (Å²) in [6, 6.07) is 6.90. The lowest BCUT2D eigenvalue weighted by atomic mass is 10.1. The summed E-state index contributed by atoms with van der Waals surface area (Å²) >= 11 is 9.55. The summed E-state index contributed by atoms with van der Waals surface area (Å²) in [6.45, 7) is 2.28. The van der Waals surface area contributed by atoms with Crippen LogP contribution in [0.2, 0.25) is 0 Å². The van der Waals surface area contributed by atoms with Crippen molar-refractivity contribution in [2.45, 2.75) is 45.1 Å². The fourth-order valence-corrected chi connectivity index (χ4v) is 3.50. The maximum absolute atomic E-state index is 5.97. The molecule has 2 aromatic rings. The summed E-state index contributed by atoms with van der Waals surface area (Å²) in [6.07, 6.45) is 6.08. The predicted octanol–water partition coefficient (Wildman–Crippen LogP) is 5.33. The minimum absolute atomic E-state index is 0.556. The zero-order valence-corrected chi connectivity index (χ0v) is 14.1. The van der Waals surface area contributed by atoms with Crippen molar-refractivity contribution < 1.29 is 0 Å². The number of aryl methyl sites for hydroxylation is 1. The molecule has 1 fully saturated rings. The van der Waals surface area contributed by atoms with Crippen molar-refractivity contribution >= 4 is 38.6 Å². The highest BCUT2D eigenvalue weighted by Crippen LogP contribution is 2.39. The number of nitrogens with zero attached hydrogens (tertiary/aromatic N) is 2. The number of imidazole rings is 1. The summed E-state index contributed by atoms with van der Waals surface area (Å²) in [5, 5.41) is 0. The van der Waals surface area contributed by atoms with Crippen LogP contribution in [0, 0.1) is 5.92 Å². The molecule has 0 N–H and O–H groups in total. The van der Waals surface area contributed by atoms with Gasteiger partial charge in [0.15, 0.2) is 0 Å². The lowest BCUT2D eigenvalue weighted by Gasteiger charge is -2.20. The highest BCUT2D eigenvalue weighted by molar-refractivity contribution is 9.10. The summed E-state index contributed by atoms with van der Waals surface area (Å²) < 4.78 is 3.56. The number of rotatable bonds is 6. The van der Waals surface area contributed by atoms with Crippen LogP contribution in [-0.2, 0) is 6.42 Å². The summed E-state index contributed by atoms with van der Waals surface area (Å²) in [4.78, 5) is 4.80. The lowest BCUT2D eigenvalue weighted by Crippen LogP contribution is -2.13. The summed E-state index contributed by atoms with van der Waals surface area (Å²) in [5.74, 6) is 2.69. The average Bonchev–Trinajstić information content (AvgIpc) is 3.18. The van der Waals surface area contributed by atoms with Gasteiger partial charge in [0.25, 0.3) is 0 Å². The van der Waals surface area contributed by atoms with Crippen molar-refractivity contribution in [3.05, 3.63) is 28.5 Å². The van der Waals surface area contributed by atoms with E-state index in [1.54, 1.807) is 0 Å². The number of alkyl halides is 1. The standard InChI is InChI=1S/C16H20BrClN2/c1-2-13(9-11-3-4-11)20-15-10-12(17)5-6-14(15)19-16(20)7-8-18/h5-6,10-11,13H,2-4,7-9H2,1H3. The fourth-order valence-electron chi connectivity index (χ4n) is 2.98. The topological polar surface area (TPSA) is 17.8 Å². The van der Waals surface area contributed by atoms with Crippen molar-refractivity contribution in [3.8, 4) is 0 Å². The minimum atomic E-state index is 0.556. The first-order valence-corrected chi connectivity index (χ1v) is 8.78. The van der Waals surface area contributed by atoms with Gasteiger partial charge in [-0.15, -0.1) is 11.6 Å². The van der Waals surface area contributed by atoms with E-state index in [0.717, 1.165) is 34.6 Å². The third kappa shape index (κ3) is 2.89. The highest BCUT2D eigenvalue weighted by Gasteiger charge is 2.27. The molecule has 1 aromatic carbocycles. The van der Waals surface area contributed by atoms with E-state index in [0.29, 0.717) is 11.9 Å². The first kappa shape index (κ1) is 14.4. The Bertz CT molecular complexity index is 604. The van der Waals surface area contributed by atoms with E-state index in [2.05, 4.69) is 45.6 Å². The molecule has 1 heterocycles. The van der Waals surface area contributed by atoms with Gasteiger partial charge in [0.2, 0.25) is 0 Å². The van der Waals surface area contributed by atoms with Gasteiger partial charge in [-0.1, -0.05) is 35.7 Å². The lowest BCUT2D eigenvalue weighted by molar-refractivity contribution is 0.427. The maximum atomic E-state index is 5.97. The van der Waals surface area contributed by atoms with Crippen LogP contribution < -0.4 is 0 Å². The van der Waals surface area contributed by atoms with Crippen LogP contribution in [0.5, 0.6) is 0 Å². The van der Waals surface area contributed by atoms with E-state index in [9.17, 15) is 0 Å². The molecule has 108 valence electrons. The Kier molecular flexibility index (Phi) is 4.37. The van der Waals surface area contributed by atoms with Crippen LogP contribution in [0.3, 0.4) is 0 Å². The predicted molar refractivity (Wildman–Crippen MR) is 88.5 cm³/mol. The van der Waals surface area contributed by atoms with Crippen LogP contribution in [0.4, 0.5) is 0 Å². The molecule has 0 amide bonds. The molecule has 1 unspecified atom stereocenters. The molecular formula is C16H20BrClN2. The molecule has 0 bridgehead atoms. The van der Waals surface area contributed by atoms with Gasteiger partial charge in [-0.2, -0.15) is 0 Å². The monoisotopic (exact) mass is 354 g/mol. The van der Waals surface area contributed by atoms with Crippen LogP contribution >= 0.6 is 27.5 Å². The molecule has 1 aliphatic rings. The molecule has 0 saturated heterocycles. The molecule has 1 aliphatic carbocycles. The quantitative estimate of drug-likeness (QED) is 0.640. The molecular weight excluding hydrogens is 336 g/mol. The van der Waals surface area contributed by atoms with Gasteiger partial charge in [0.05, 0.1) is 11.0 Å². The Labute approximate surface area is 133 Å². The van der Waals surface area contributed by atoms with Gasteiger partial charge < -0.3 is 4.57 Å². The Balaban J connectivity index is 2.07. The second-order valence-electron chi connectivity index (χ2n) is 5.71. The van der Waals surface area contributed by atoms with E-state index >= 15 is 0 Å². The van der Waals surface area contributed by atoms with Crippen molar-refractivity contribution in [3.63, 3.8) is 0 Å². The highest BCUT2D eigenvalue weighted by atomic mass is 79.9. The molecule has 1 aromatic heterocycles. The number of fused-ring (bicyclic) bond motifs is 1. The zero-order chi connectivity index (χ0) is 14.1. The van der Waals surface area contributed by atoms with Gasteiger partial charge in [0, 0.05) is 22.8 Å². The normalized spacial score (nSPS) is 16.8. The van der Waals surface area contributed by atoms with Gasteiger partial charge in [-0.25, -0.2) is 4.98 Å². The third-order valence-corrected chi connectivity index (χ3v) is 4.86. The van der Waals surface area contributed by atoms with Gasteiger partial charge in [0.1, 0.15) is 5.82 Å². The van der Waals surface area contributed by atoms with Crippen LogP contribution in [0.1, 0.15) is 44.5 Å². The van der Waals surface area contributed by atoms with Crippen LogP contribution in [0.25, 0.3) is 11.0 Å². The second-order valence-corrected chi connectivity index (χ2v) is 7.00. The largest absolute Gasteiger partial charge is 0.325 e. The Morgan fingerprint density at radius 2 is 2.25 bits per heavy atom. The van der Waals surface area contributed by atoms with Crippen LogP contribution in [0.15, 0.2) is 22.7 Å². The Morgan fingerprint density at radius 1 is 1.45 bits per heavy atom. The van der Waals surface area contributed by atoms with Crippen LogP contribution in [-0.4, -0.2) is 15.4 Å². The number of benzene rings is 1. The Hall–Kier alpha value is -0.540. The molecule has 0 spiro atoms. The first-order valence-electron chi connectivity index (χ1n) is 7.45. The molecule has 2 nitrogen and oxygen atoms in total. The molecule has 1 saturated carbocycles. The Morgan fingerprint density at radius 3 is 2.90 bits per heavy atom. The summed E-state index contributed by atoms with van der Waals surface area (Å²) in [7, 11) is 0. The van der Waals surface area contributed by atoms with Crippen molar-refractivity contribution in [1.82, 2.24) is 9.55 Å². The average molecular weight is 356 g/mol. The molecule has 1 atom stereocenters. The molecule has 20 heavy (non-hydrogen) atoms. The molecule has 3 rings (SSSR count). The molecule has 0 radical (unpaired) electrons. The van der Waals surface area contributed by atoms with E-state index in [1.807, 2.05) is 0 Å². The number of halogens is 2. The van der Waals surface area contributed by atoms with Gasteiger partial charge >= 0.3 is 0 Å². The van der Waals surface area contributed by atoms with Crippen molar-refractivity contribution in [2.75, 3.05) is 5.88 Å². The second kappa shape index (κ2) is 6.07. The van der Waals surface area contributed by atoms with E-state index in [4.69, 9.17) is 16.6 Å². The molecule has 0 aliphatic heterocycles. The van der Waals surface area contributed by atoms with Crippen molar-refractivity contribution in [2.24, 2.45) is 5.92 Å². The first-order chi connectivity index (χ1) is 9.72. The number of hydrogen-bond donors (Lipinski definition) is 0. The van der Waals surface area contributed by atoms with Gasteiger partial charge in [-0.3, -0.25) is 0 Å². The fraction of sp³-hybridized carbons (Fsp3) is 0.562. The number of aromatic nitrogens is 2. The maximum Gasteiger partial charge on any atom is 0.111 e. The minimum Gasteiger partial charge on any atom is -0.325 e. The van der Waals surface area contributed by atoms with Crippen molar-refractivity contribution in [1.29, 1.82) is 0 Å².